The number of methoxy groups -OCH3 is 1. The Hall–Kier alpha value is -2.98. The average Bonchev–Trinajstić information content (AvgIpc) is 2.60. The van der Waals surface area contributed by atoms with Crippen molar-refractivity contribution in [3.63, 3.8) is 0 Å². The van der Waals surface area contributed by atoms with Crippen molar-refractivity contribution in [1.29, 1.82) is 0 Å². The molecule has 10 heteroatoms. The van der Waals surface area contributed by atoms with Crippen LogP contribution in [0.25, 0.3) is 0 Å². The second-order valence-corrected chi connectivity index (χ2v) is 7.01. The van der Waals surface area contributed by atoms with Gasteiger partial charge in [0.25, 0.3) is 5.69 Å². The molecule has 0 heterocycles. The molecule has 138 valence electrons. The van der Waals surface area contributed by atoms with Crippen LogP contribution in [-0.2, 0) is 14.8 Å². The molecule has 0 bridgehead atoms. The van der Waals surface area contributed by atoms with E-state index in [0.29, 0.717) is 5.75 Å². The van der Waals surface area contributed by atoms with E-state index in [9.17, 15) is 23.3 Å². The first-order chi connectivity index (χ1) is 12.2. The molecule has 0 aliphatic carbocycles. The van der Waals surface area contributed by atoms with Crippen molar-refractivity contribution in [2.24, 2.45) is 0 Å². The van der Waals surface area contributed by atoms with Gasteiger partial charge in [0.15, 0.2) is 0 Å². The Morgan fingerprint density at radius 2 is 1.92 bits per heavy atom. The zero-order chi connectivity index (χ0) is 19.3. The van der Waals surface area contributed by atoms with Crippen LogP contribution in [0.4, 0.5) is 5.69 Å². The largest absolute Gasteiger partial charge is 0.497 e. The summed E-state index contributed by atoms with van der Waals surface area (Å²) in [6.07, 6.45) is -0.573. The van der Waals surface area contributed by atoms with Crippen molar-refractivity contribution in [3.8, 4) is 5.75 Å². The second-order valence-electron chi connectivity index (χ2n) is 5.30. The lowest BCUT2D eigenvalue weighted by Crippen LogP contribution is -2.30. The van der Waals surface area contributed by atoms with Gasteiger partial charge in [-0.3, -0.25) is 14.9 Å². The number of hydrogen-bond acceptors (Lipinski definition) is 6. The Morgan fingerprint density at radius 3 is 2.46 bits per heavy atom. The minimum Gasteiger partial charge on any atom is -0.497 e. The summed E-state index contributed by atoms with van der Waals surface area (Å²) < 4.78 is 32.3. The molecule has 0 saturated carbocycles. The first-order valence-electron chi connectivity index (χ1n) is 7.35. The van der Waals surface area contributed by atoms with E-state index in [1.165, 1.54) is 49.6 Å². The van der Waals surface area contributed by atoms with Crippen molar-refractivity contribution in [3.05, 3.63) is 64.2 Å². The highest BCUT2D eigenvalue weighted by molar-refractivity contribution is 7.89. The van der Waals surface area contributed by atoms with E-state index < -0.39 is 33.4 Å². The van der Waals surface area contributed by atoms with E-state index in [1.54, 1.807) is 0 Å². The van der Waals surface area contributed by atoms with Gasteiger partial charge in [-0.25, -0.2) is 13.1 Å². The first kappa shape index (κ1) is 19.3. The van der Waals surface area contributed by atoms with Crippen LogP contribution < -0.4 is 9.46 Å². The number of nitro benzene ring substituents is 1. The van der Waals surface area contributed by atoms with Crippen LogP contribution in [-0.4, -0.2) is 31.5 Å². The number of carbonyl (C=O) groups is 1. The molecule has 9 nitrogen and oxygen atoms in total. The summed E-state index contributed by atoms with van der Waals surface area (Å²) in [4.78, 5) is 21.3. The molecule has 2 rings (SSSR count). The summed E-state index contributed by atoms with van der Waals surface area (Å²) in [6.45, 7) is 0. The normalized spacial score (nSPS) is 12.3. The minimum absolute atomic E-state index is 0.0841. The lowest BCUT2D eigenvalue weighted by atomic mass is 10.0. The Labute approximate surface area is 149 Å². The SMILES string of the molecule is COc1ccc(S(=O)(=O)NC(CC(=O)O)c2cccc([N+](=O)[O-])c2)cc1. The van der Waals surface area contributed by atoms with Crippen LogP contribution in [0.5, 0.6) is 5.75 Å². The Balaban J connectivity index is 2.36. The van der Waals surface area contributed by atoms with Gasteiger partial charge < -0.3 is 9.84 Å². The molecule has 2 N–H and O–H groups in total. The minimum atomic E-state index is -4.05. The van der Waals surface area contributed by atoms with Crippen molar-refractivity contribution in [2.45, 2.75) is 17.4 Å². The predicted molar refractivity (Wildman–Crippen MR) is 91.4 cm³/mol. The number of rotatable bonds is 8. The molecule has 0 fully saturated rings. The van der Waals surface area contributed by atoms with Crippen LogP contribution in [0.2, 0.25) is 0 Å². The number of non-ortho nitro benzene ring substituents is 1. The van der Waals surface area contributed by atoms with Crippen LogP contribution in [0.1, 0.15) is 18.0 Å². The smallest absolute Gasteiger partial charge is 0.305 e. The van der Waals surface area contributed by atoms with Gasteiger partial charge >= 0.3 is 5.97 Å². The van der Waals surface area contributed by atoms with Gasteiger partial charge in [0.05, 0.1) is 29.4 Å². The number of ether oxygens (including phenoxy) is 1. The third-order valence-electron chi connectivity index (χ3n) is 3.53. The average molecular weight is 380 g/mol. The number of benzene rings is 2. The van der Waals surface area contributed by atoms with Gasteiger partial charge in [0.2, 0.25) is 10.0 Å². The summed E-state index contributed by atoms with van der Waals surface area (Å²) in [5.41, 5.74) is -0.0831. The van der Waals surface area contributed by atoms with Gasteiger partial charge in [-0.05, 0) is 29.8 Å². The highest BCUT2D eigenvalue weighted by atomic mass is 32.2. The van der Waals surface area contributed by atoms with E-state index in [4.69, 9.17) is 9.84 Å². The van der Waals surface area contributed by atoms with Crippen LogP contribution >= 0.6 is 0 Å². The van der Waals surface area contributed by atoms with Crippen molar-refractivity contribution in [1.82, 2.24) is 4.72 Å². The molecule has 0 amide bonds. The Morgan fingerprint density at radius 1 is 1.27 bits per heavy atom. The molecule has 0 aliphatic heterocycles. The third kappa shape index (κ3) is 4.77. The van der Waals surface area contributed by atoms with Gasteiger partial charge in [-0.1, -0.05) is 12.1 Å². The fourth-order valence-corrected chi connectivity index (χ4v) is 3.49. The maximum Gasteiger partial charge on any atom is 0.305 e. The number of nitro groups is 1. The molecule has 0 aliphatic rings. The molecule has 1 unspecified atom stereocenters. The number of sulfonamides is 1. The molecule has 26 heavy (non-hydrogen) atoms. The van der Waals surface area contributed by atoms with E-state index in [-0.39, 0.29) is 16.1 Å². The first-order valence-corrected chi connectivity index (χ1v) is 8.84. The molecule has 0 radical (unpaired) electrons. The molecule has 0 saturated heterocycles. The lowest BCUT2D eigenvalue weighted by Gasteiger charge is -2.17. The number of carboxylic acid groups (broad SMARTS) is 1. The number of aliphatic carboxylic acids is 1. The molecule has 0 aromatic heterocycles. The predicted octanol–water partition coefficient (Wildman–Crippen LogP) is 2.10. The Kier molecular flexibility index (Phi) is 5.90. The zero-order valence-corrected chi connectivity index (χ0v) is 14.5. The van der Waals surface area contributed by atoms with Gasteiger partial charge in [-0.2, -0.15) is 0 Å². The van der Waals surface area contributed by atoms with E-state index in [1.807, 2.05) is 0 Å². The van der Waals surface area contributed by atoms with Crippen LogP contribution in [0.15, 0.2) is 53.4 Å². The standard InChI is InChI=1S/C16H16N2O7S/c1-25-13-5-7-14(8-6-13)26(23,24)17-15(10-16(19)20)11-3-2-4-12(9-11)18(21)22/h2-9,15,17H,10H2,1H3,(H,19,20). The monoisotopic (exact) mass is 380 g/mol. The highest BCUT2D eigenvalue weighted by Gasteiger charge is 2.25. The number of carboxylic acids is 1. The molecule has 2 aromatic carbocycles. The van der Waals surface area contributed by atoms with Crippen molar-refractivity contribution < 1.29 is 28.0 Å². The Bertz CT molecular complexity index is 910. The van der Waals surface area contributed by atoms with E-state index in [2.05, 4.69) is 4.72 Å². The fourth-order valence-electron chi connectivity index (χ4n) is 2.27. The maximum atomic E-state index is 12.5. The summed E-state index contributed by atoms with van der Waals surface area (Å²) in [5, 5.41) is 20.0. The highest BCUT2D eigenvalue weighted by Crippen LogP contribution is 2.24. The molecule has 1 atom stereocenters. The van der Waals surface area contributed by atoms with Gasteiger partial charge in [0.1, 0.15) is 5.75 Å². The van der Waals surface area contributed by atoms with Gasteiger partial charge in [-0.15, -0.1) is 0 Å². The van der Waals surface area contributed by atoms with Crippen molar-refractivity contribution in [2.75, 3.05) is 7.11 Å². The molecular formula is C16H16N2O7S. The lowest BCUT2D eigenvalue weighted by molar-refractivity contribution is -0.384. The number of hydrogen-bond donors (Lipinski definition) is 2. The van der Waals surface area contributed by atoms with Crippen molar-refractivity contribution >= 4 is 21.7 Å². The zero-order valence-electron chi connectivity index (χ0n) is 13.7. The summed E-state index contributed by atoms with van der Waals surface area (Å²) in [6, 6.07) is 9.53. The maximum absolute atomic E-state index is 12.5. The summed E-state index contributed by atoms with van der Waals surface area (Å²) in [5.74, 6) is -0.788. The molecule has 0 spiro atoms. The fraction of sp³-hybridized carbons (Fsp3) is 0.188. The number of nitrogens with one attached hydrogen (secondary N) is 1. The third-order valence-corrected chi connectivity index (χ3v) is 5.02. The molecule has 2 aromatic rings. The summed E-state index contributed by atoms with van der Waals surface area (Å²) in [7, 11) is -2.61. The summed E-state index contributed by atoms with van der Waals surface area (Å²) >= 11 is 0. The van der Waals surface area contributed by atoms with Crippen LogP contribution in [0, 0.1) is 10.1 Å². The second kappa shape index (κ2) is 7.93. The van der Waals surface area contributed by atoms with E-state index >= 15 is 0 Å². The van der Waals surface area contributed by atoms with Crippen LogP contribution in [0.3, 0.4) is 0 Å². The van der Waals surface area contributed by atoms with Gasteiger partial charge in [0, 0.05) is 12.1 Å². The topological polar surface area (TPSA) is 136 Å². The van der Waals surface area contributed by atoms with E-state index in [0.717, 1.165) is 6.07 Å². The molecular weight excluding hydrogens is 364 g/mol. The number of nitrogens with zero attached hydrogens (tertiary/aromatic N) is 1. The quantitative estimate of drug-likeness (QED) is 0.528.